The summed E-state index contributed by atoms with van der Waals surface area (Å²) < 4.78 is 139. The van der Waals surface area contributed by atoms with Crippen LogP contribution in [0, 0.1) is 5.41 Å². The first kappa shape index (κ1) is 25.2. The SMILES string of the molecule is CN(C)CC(C)(C)CN(C)S(=O)(=O)C(F)(F)C(F)(F)C(F)(F)C(F)(F)F. The lowest BCUT2D eigenvalue weighted by atomic mass is 9.93. The lowest BCUT2D eigenvalue weighted by Crippen LogP contribution is -2.65. The van der Waals surface area contributed by atoms with Gasteiger partial charge in [-0.25, -0.2) is 8.42 Å². The van der Waals surface area contributed by atoms with Gasteiger partial charge in [0.05, 0.1) is 0 Å². The number of halogens is 9. The van der Waals surface area contributed by atoms with Crippen LogP contribution in [0.3, 0.4) is 0 Å². The summed E-state index contributed by atoms with van der Waals surface area (Å²) in [6.07, 6.45) is -7.09. The van der Waals surface area contributed by atoms with Crippen LogP contribution < -0.4 is 0 Å². The van der Waals surface area contributed by atoms with Gasteiger partial charge in [0, 0.05) is 20.1 Å². The van der Waals surface area contributed by atoms with Gasteiger partial charge in [0.25, 0.3) is 10.0 Å². The van der Waals surface area contributed by atoms with Crippen molar-refractivity contribution < 1.29 is 47.9 Å². The average molecular weight is 426 g/mol. The van der Waals surface area contributed by atoms with Crippen molar-refractivity contribution in [1.82, 2.24) is 9.21 Å². The second-order valence-electron chi connectivity index (χ2n) is 6.83. The molecule has 0 aliphatic heterocycles. The second-order valence-corrected chi connectivity index (χ2v) is 8.91. The van der Waals surface area contributed by atoms with Crippen molar-refractivity contribution in [3.05, 3.63) is 0 Å². The molecule has 14 heteroatoms. The largest absolute Gasteiger partial charge is 0.460 e. The summed E-state index contributed by atoms with van der Waals surface area (Å²) in [5.41, 5.74) is -1.11. The highest BCUT2D eigenvalue weighted by Crippen LogP contribution is 2.55. The zero-order valence-corrected chi connectivity index (χ0v) is 15.3. The quantitative estimate of drug-likeness (QED) is 0.560. The van der Waals surface area contributed by atoms with Gasteiger partial charge in [-0.3, -0.25) is 0 Å². The highest BCUT2D eigenvalue weighted by molar-refractivity contribution is 7.90. The van der Waals surface area contributed by atoms with E-state index in [4.69, 9.17) is 0 Å². The van der Waals surface area contributed by atoms with Crippen molar-refractivity contribution in [1.29, 1.82) is 0 Å². The van der Waals surface area contributed by atoms with Crippen LogP contribution >= 0.6 is 0 Å². The molecule has 26 heavy (non-hydrogen) atoms. The standard InChI is InChI=1S/C12H19F9N2O2S/c1-8(2,6-22(3)4)7-23(5)26(24,25)12(20,21)10(15,16)9(13,14)11(17,18)19/h6-7H2,1-5H3. The van der Waals surface area contributed by atoms with E-state index < -0.39 is 45.3 Å². The van der Waals surface area contributed by atoms with Crippen molar-refractivity contribution in [2.45, 2.75) is 37.1 Å². The van der Waals surface area contributed by atoms with Gasteiger partial charge in [0.2, 0.25) is 0 Å². The highest BCUT2D eigenvalue weighted by atomic mass is 32.2. The minimum Gasteiger partial charge on any atom is -0.309 e. The van der Waals surface area contributed by atoms with Gasteiger partial charge in [-0.2, -0.15) is 43.8 Å². The molecule has 0 amide bonds. The molecule has 0 aromatic carbocycles. The molecule has 0 aliphatic carbocycles. The van der Waals surface area contributed by atoms with Crippen molar-refractivity contribution in [3.8, 4) is 0 Å². The third kappa shape index (κ3) is 4.38. The Labute approximate surface area is 145 Å². The first-order valence-corrected chi connectivity index (χ1v) is 8.29. The molecule has 0 saturated carbocycles. The molecule has 158 valence electrons. The minimum absolute atomic E-state index is 0.0769. The van der Waals surface area contributed by atoms with Crippen LogP contribution in [0.2, 0.25) is 0 Å². The van der Waals surface area contributed by atoms with Gasteiger partial charge in [-0.05, 0) is 19.5 Å². The Kier molecular flexibility index (Phi) is 6.80. The van der Waals surface area contributed by atoms with Crippen LogP contribution in [0.1, 0.15) is 13.8 Å². The van der Waals surface area contributed by atoms with E-state index in [-0.39, 0.29) is 10.8 Å². The first-order valence-electron chi connectivity index (χ1n) is 6.85. The Morgan fingerprint density at radius 2 is 1.12 bits per heavy atom. The van der Waals surface area contributed by atoms with E-state index in [1.165, 1.54) is 32.8 Å². The molecule has 0 fully saturated rings. The highest BCUT2D eigenvalue weighted by Gasteiger charge is 2.85. The van der Waals surface area contributed by atoms with Gasteiger partial charge in [0.15, 0.2) is 0 Å². The van der Waals surface area contributed by atoms with Crippen molar-refractivity contribution >= 4 is 10.0 Å². The molecule has 0 atom stereocenters. The summed E-state index contributed by atoms with van der Waals surface area (Å²) in [6.45, 7) is 1.96. The number of rotatable bonds is 8. The fourth-order valence-electron chi connectivity index (χ4n) is 2.31. The number of sulfonamides is 1. The van der Waals surface area contributed by atoms with Crippen LogP contribution in [0.15, 0.2) is 0 Å². The van der Waals surface area contributed by atoms with Gasteiger partial charge >= 0.3 is 23.3 Å². The van der Waals surface area contributed by atoms with Gasteiger partial charge in [0.1, 0.15) is 0 Å². The van der Waals surface area contributed by atoms with E-state index in [0.717, 1.165) is 0 Å². The normalized spacial score (nSPS) is 15.8. The minimum atomic E-state index is -7.27. The summed E-state index contributed by atoms with van der Waals surface area (Å²) in [7, 11) is -3.10. The summed E-state index contributed by atoms with van der Waals surface area (Å²) in [5.74, 6) is -14.5. The summed E-state index contributed by atoms with van der Waals surface area (Å²) in [5, 5.41) is -6.71. The summed E-state index contributed by atoms with van der Waals surface area (Å²) in [4.78, 5) is 1.50. The molecule has 0 rings (SSSR count). The number of hydrogen-bond donors (Lipinski definition) is 0. The second kappa shape index (κ2) is 7.00. The van der Waals surface area contributed by atoms with Crippen molar-refractivity contribution in [2.24, 2.45) is 5.41 Å². The Hall–Kier alpha value is -0.760. The van der Waals surface area contributed by atoms with E-state index in [1.54, 1.807) is 0 Å². The van der Waals surface area contributed by atoms with Crippen molar-refractivity contribution in [2.75, 3.05) is 34.2 Å². The molecular formula is C12H19F9N2O2S. The third-order valence-electron chi connectivity index (χ3n) is 3.25. The van der Waals surface area contributed by atoms with Crippen LogP contribution in [0.25, 0.3) is 0 Å². The van der Waals surface area contributed by atoms with Gasteiger partial charge in [-0.15, -0.1) is 0 Å². The summed E-state index contributed by atoms with van der Waals surface area (Å²) >= 11 is 0. The molecule has 0 spiro atoms. The molecule has 0 bridgehead atoms. The Bertz CT molecular complexity index is 600. The van der Waals surface area contributed by atoms with E-state index >= 15 is 0 Å². The zero-order valence-electron chi connectivity index (χ0n) is 14.4. The van der Waals surface area contributed by atoms with Crippen LogP contribution in [0.5, 0.6) is 0 Å². The topological polar surface area (TPSA) is 40.6 Å². The lowest BCUT2D eigenvalue weighted by Gasteiger charge is -2.37. The zero-order chi connectivity index (χ0) is 21.6. The van der Waals surface area contributed by atoms with E-state index in [9.17, 15) is 47.9 Å². The molecule has 0 heterocycles. The lowest BCUT2D eigenvalue weighted by molar-refractivity contribution is -0.382. The van der Waals surface area contributed by atoms with Gasteiger partial charge < -0.3 is 4.90 Å². The van der Waals surface area contributed by atoms with E-state index in [1.807, 2.05) is 0 Å². The van der Waals surface area contributed by atoms with Crippen molar-refractivity contribution in [3.63, 3.8) is 0 Å². The maximum Gasteiger partial charge on any atom is 0.460 e. The maximum absolute atomic E-state index is 13.7. The number of hydrogen-bond acceptors (Lipinski definition) is 3. The molecule has 0 radical (unpaired) electrons. The predicted octanol–water partition coefficient (Wildman–Crippen LogP) is 3.26. The van der Waals surface area contributed by atoms with Crippen LogP contribution in [-0.4, -0.2) is 75.1 Å². The smallest absolute Gasteiger partial charge is 0.309 e. The molecule has 0 aliphatic rings. The monoisotopic (exact) mass is 426 g/mol. The Balaban J connectivity index is 5.97. The molecule has 4 nitrogen and oxygen atoms in total. The Morgan fingerprint density at radius 3 is 1.42 bits per heavy atom. The molecule has 0 aromatic rings. The summed E-state index contributed by atoms with van der Waals surface area (Å²) in [6, 6.07) is 0. The number of nitrogens with zero attached hydrogens (tertiary/aromatic N) is 2. The molecule has 0 unspecified atom stereocenters. The van der Waals surface area contributed by atoms with Crippen LogP contribution in [0.4, 0.5) is 39.5 Å². The molecule has 0 aromatic heterocycles. The number of alkyl halides is 9. The fourth-order valence-corrected chi connectivity index (χ4v) is 3.68. The van der Waals surface area contributed by atoms with Gasteiger partial charge in [-0.1, -0.05) is 13.8 Å². The Morgan fingerprint density at radius 1 is 0.731 bits per heavy atom. The van der Waals surface area contributed by atoms with Crippen LogP contribution in [-0.2, 0) is 10.0 Å². The molecule has 0 saturated heterocycles. The fraction of sp³-hybridized carbons (Fsp3) is 1.00. The third-order valence-corrected chi connectivity index (χ3v) is 5.10. The molecule has 0 N–H and O–H groups in total. The molecular weight excluding hydrogens is 407 g/mol. The maximum atomic E-state index is 13.7. The average Bonchev–Trinajstić information content (AvgIpc) is 2.33. The van der Waals surface area contributed by atoms with E-state index in [0.29, 0.717) is 7.05 Å². The first-order chi connectivity index (χ1) is 11.0. The van der Waals surface area contributed by atoms with E-state index in [2.05, 4.69) is 0 Å². The predicted molar refractivity (Wildman–Crippen MR) is 74.8 cm³/mol.